The van der Waals surface area contributed by atoms with E-state index in [2.05, 4.69) is 20.0 Å². The number of ether oxygens (including phenoxy) is 1. The third-order valence-corrected chi connectivity index (χ3v) is 5.00. The average Bonchev–Trinajstić information content (AvgIpc) is 3.19. The van der Waals surface area contributed by atoms with Gasteiger partial charge in [0.25, 0.3) is 0 Å². The lowest BCUT2D eigenvalue weighted by Gasteiger charge is -2.17. The van der Waals surface area contributed by atoms with Crippen molar-refractivity contribution >= 4 is 22.6 Å². The van der Waals surface area contributed by atoms with Gasteiger partial charge in [0.15, 0.2) is 0 Å². The molecule has 0 unspecified atom stereocenters. The van der Waals surface area contributed by atoms with Crippen LogP contribution in [0.4, 0.5) is 19.0 Å². The van der Waals surface area contributed by atoms with Crippen molar-refractivity contribution in [3.63, 3.8) is 0 Å². The molecule has 1 aromatic heterocycles. The zero-order valence-corrected chi connectivity index (χ0v) is 13.8. The standard InChI is InChI=1S/C17H17F3N4O2/c18-17(19,20)26-11-1-2-12-13(7-11)22-10-23-15(12)21-8-14(25)24-6-5-16(9-24)3-4-16/h1-2,7,10H,3-6,8-9H2,(H,21,22,23). The fourth-order valence-corrected chi connectivity index (χ4v) is 3.38. The molecular formula is C17H17F3N4O2. The van der Waals surface area contributed by atoms with Gasteiger partial charge in [-0.3, -0.25) is 4.79 Å². The van der Waals surface area contributed by atoms with Crippen LogP contribution in [0.5, 0.6) is 5.75 Å². The predicted molar refractivity (Wildman–Crippen MR) is 87.6 cm³/mol. The first-order chi connectivity index (χ1) is 12.3. The first kappa shape index (κ1) is 16.9. The maximum absolute atomic E-state index is 12.4. The molecular weight excluding hydrogens is 349 g/mol. The van der Waals surface area contributed by atoms with Crippen molar-refractivity contribution in [2.24, 2.45) is 5.41 Å². The van der Waals surface area contributed by atoms with Crippen LogP contribution in [0.1, 0.15) is 19.3 Å². The number of halogens is 3. The second-order valence-corrected chi connectivity index (χ2v) is 6.87. The first-order valence-electron chi connectivity index (χ1n) is 8.36. The zero-order chi connectivity index (χ0) is 18.4. The number of rotatable bonds is 4. The lowest BCUT2D eigenvalue weighted by atomic mass is 10.1. The molecule has 1 N–H and O–H groups in total. The number of alkyl halides is 3. The van der Waals surface area contributed by atoms with E-state index in [0.717, 1.165) is 19.5 Å². The summed E-state index contributed by atoms with van der Waals surface area (Å²) in [7, 11) is 0. The van der Waals surface area contributed by atoms with E-state index >= 15 is 0 Å². The molecule has 1 amide bonds. The van der Waals surface area contributed by atoms with Crippen LogP contribution in [0.15, 0.2) is 24.5 Å². The Hall–Kier alpha value is -2.58. The maximum atomic E-state index is 12.4. The second-order valence-electron chi connectivity index (χ2n) is 6.87. The molecule has 0 bridgehead atoms. The normalized spacial score (nSPS) is 18.3. The zero-order valence-electron chi connectivity index (χ0n) is 13.8. The molecule has 0 radical (unpaired) electrons. The van der Waals surface area contributed by atoms with E-state index in [1.807, 2.05) is 4.90 Å². The van der Waals surface area contributed by atoms with Crippen molar-refractivity contribution in [1.29, 1.82) is 0 Å². The highest BCUT2D eigenvalue weighted by Gasteiger charge is 2.48. The number of hydrogen-bond donors (Lipinski definition) is 1. The van der Waals surface area contributed by atoms with E-state index in [1.165, 1.54) is 37.4 Å². The minimum absolute atomic E-state index is 0.00226. The lowest BCUT2D eigenvalue weighted by Crippen LogP contribution is -2.34. The molecule has 138 valence electrons. The summed E-state index contributed by atoms with van der Waals surface area (Å²) in [6, 6.07) is 3.83. The molecule has 4 rings (SSSR count). The van der Waals surface area contributed by atoms with Gasteiger partial charge >= 0.3 is 6.36 Å². The number of benzene rings is 1. The van der Waals surface area contributed by atoms with Gasteiger partial charge in [-0.15, -0.1) is 13.2 Å². The van der Waals surface area contributed by atoms with E-state index in [9.17, 15) is 18.0 Å². The van der Waals surface area contributed by atoms with Crippen LogP contribution in [-0.4, -0.2) is 46.8 Å². The summed E-state index contributed by atoms with van der Waals surface area (Å²) in [6.45, 7) is 1.68. The van der Waals surface area contributed by atoms with Crippen LogP contribution in [-0.2, 0) is 4.79 Å². The summed E-state index contributed by atoms with van der Waals surface area (Å²) in [5.74, 6) is 0.0531. The number of carbonyl (C=O) groups is 1. The number of fused-ring (bicyclic) bond motifs is 1. The SMILES string of the molecule is O=C(CNc1ncnc2cc(OC(F)(F)F)ccc12)N1CCC2(CC2)C1. The van der Waals surface area contributed by atoms with Gasteiger partial charge in [0, 0.05) is 24.5 Å². The average molecular weight is 366 g/mol. The molecule has 1 saturated heterocycles. The van der Waals surface area contributed by atoms with Crippen molar-refractivity contribution < 1.29 is 22.7 Å². The fourth-order valence-electron chi connectivity index (χ4n) is 3.38. The summed E-state index contributed by atoms with van der Waals surface area (Å²) in [5.41, 5.74) is 0.668. The second kappa shape index (κ2) is 6.00. The van der Waals surface area contributed by atoms with Gasteiger partial charge in [0.2, 0.25) is 5.91 Å². The van der Waals surface area contributed by atoms with E-state index in [4.69, 9.17) is 0 Å². The molecule has 2 fully saturated rings. The molecule has 6 nitrogen and oxygen atoms in total. The van der Waals surface area contributed by atoms with E-state index in [-0.39, 0.29) is 18.2 Å². The van der Waals surface area contributed by atoms with Crippen molar-refractivity contribution in [3.8, 4) is 5.75 Å². The summed E-state index contributed by atoms with van der Waals surface area (Å²) in [5, 5.41) is 3.50. The van der Waals surface area contributed by atoms with Crippen molar-refractivity contribution in [2.45, 2.75) is 25.6 Å². The quantitative estimate of drug-likeness (QED) is 0.901. The number of aromatic nitrogens is 2. The number of nitrogens with one attached hydrogen (secondary N) is 1. The van der Waals surface area contributed by atoms with Gasteiger partial charge in [0.05, 0.1) is 12.1 Å². The Bertz CT molecular complexity index is 852. The Morgan fingerprint density at radius 1 is 1.27 bits per heavy atom. The van der Waals surface area contributed by atoms with Crippen LogP contribution in [0.25, 0.3) is 10.9 Å². The fraction of sp³-hybridized carbons (Fsp3) is 0.471. The molecule has 1 aromatic carbocycles. The van der Waals surface area contributed by atoms with Crippen LogP contribution in [0.2, 0.25) is 0 Å². The minimum atomic E-state index is -4.76. The molecule has 1 saturated carbocycles. The largest absolute Gasteiger partial charge is 0.573 e. The number of likely N-dealkylation sites (tertiary alicyclic amines) is 1. The van der Waals surface area contributed by atoms with Gasteiger partial charge in [-0.05, 0) is 36.8 Å². The van der Waals surface area contributed by atoms with E-state index in [1.54, 1.807) is 0 Å². The van der Waals surface area contributed by atoms with Crippen molar-refractivity contribution in [1.82, 2.24) is 14.9 Å². The smallest absolute Gasteiger partial charge is 0.406 e. The first-order valence-corrected chi connectivity index (χ1v) is 8.36. The van der Waals surface area contributed by atoms with Gasteiger partial charge in [-0.2, -0.15) is 0 Å². The third kappa shape index (κ3) is 3.51. The van der Waals surface area contributed by atoms with Crippen LogP contribution < -0.4 is 10.1 Å². The highest BCUT2D eigenvalue weighted by Crippen LogP contribution is 2.52. The Kier molecular flexibility index (Phi) is 3.89. The highest BCUT2D eigenvalue weighted by atomic mass is 19.4. The molecule has 1 spiro atoms. The molecule has 1 aliphatic carbocycles. The van der Waals surface area contributed by atoms with Gasteiger partial charge < -0.3 is 15.0 Å². The summed E-state index contributed by atoms with van der Waals surface area (Å²) in [4.78, 5) is 22.3. The monoisotopic (exact) mass is 366 g/mol. The van der Waals surface area contributed by atoms with Crippen LogP contribution in [0, 0.1) is 5.41 Å². The molecule has 26 heavy (non-hydrogen) atoms. The maximum Gasteiger partial charge on any atom is 0.573 e. The van der Waals surface area contributed by atoms with Crippen LogP contribution in [0.3, 0.4) is 0 Å². The van der Waals surface area contributed by atoms with Crippen LogP contribution >= 0.6 is 0 Å². The van der Waals surface area contributed by atoms with Gasteiger partial charge in [0.1, 0.15) is 17.9 Å². The Morgan fingerprint density at radius 2 is 2.08 bits per heavy atom. The highest BCUT2D eigenvalue weighted by molar-refractivity contribution is 5.91. The summed E-state index contributed by atoms with van der Waals surface area (Å²) >= 11 is 0. The summed E-state index contributed by atoms with van der Waals surface area (Å²) < 4.78 is 40.9. The molecule has 2 aliphatic rings. The molecule has 0 atom stereocenters. The van der Waals surface area contributed by atoms with E-state index in [0.29, 0.717) is 22.1 Å². The third-order valence-electron chi connectivity index (χ3n) is 5.00. The number of nitrogens with zero attached hydrogens (tertiary/aromatic N) is 3. The Morgan fingerprint density at radius 3 is 2.77 bits per heavy atom. The Balaban J connectivity index is 1.45. The minimum Gasteiger partial charge on any atom is -0.406 e. The number of anilines is 1. The van der Waals surface area contributed by atoms with Gasteiger partial charge in [-0.25, -0.2) is 9.97 Å². The number of hydrogen-bond acceptors (Lipinski definition) is 5. The van der Waals surface area contributed by atoms with Crippen molar-refractivity contribution in [3.05, 3.63) is 24.5 Å². The molecule has 9 heteroatoms. The van der Waals surface area contributed by atoms with E-state index < -0.39 is 6.36 Å². The predicted octanol–water partition coefficient (Wildman–Crippen LogP) is 2.95. The topological polar surface area (TPSA) is 67.3 Å². The van der Waals surface area contributed by atoms with Crippen molar-refractivity contribution in [2.75, 3.05) is 25.0 Å². The molecule has 1 aliphatic heterocycles. The summed E-state index contributed by atoms with van der Waals surface area (Å²) in [6.07, 6.45) is -0.0618. The molecule has 2 aromatic rings. The Labute approximate surface area is 147 Å². The number of carbonyl (C=O) groups excluding carboxylic acids is 1. The molecule has 2 heterocycles. The lowest BCUT2D eigenvalue weighted by molar-refractivity contribution is -0.274. The number of amides is 1. The van der Waals surface area contributed by atoms with Gasteiger partial charge in [-0.1, -0.05) is 0 Å².